The van der Waals surface area contributed by atoms with Gasteiger partial charge in [-0.15, -0.1) is 0 Å². The van der Waals surface area contributed by atoms with E-state index in [0.29, 0.717) is 9.79 Å². The molecule has 0 aliphatic rings. The summed E-state index contributed by atoms with van der Waals surface area (Å²) in [5.41, 5.74) is 1.94. The second-order valence-corrected chi connectivity index (χ2v) is 4.79. The number of rotatable bonds is 1. The highest BCUT2D eigenvalue weighted by molar-refractivity contribution is 7.71. The Bertz CT molecular complexity index is 780. The van der Waals surface area contributed by atoms with E-state index in [0.717, 1.165) is 11.1 Å². The van der Waals surface area contributed by atoms with E-state index in [4.69, 9.17) is 23.8 Å². The summed E-state index contributed by atoms with van der Waals surface area (Å²) in [6.07, 6.45) is 0. The van der Waals surface area contributed by atoms with Gasteiger partial charge in [0.25, 0.3) is 0 Å². The van der Waals surface area contributed by atoms with Gasteiger partial charge in [-0.25, -0.2) is 0 Å². The number of nitrogens with zero attached hydrogens (tertiary/aromatic N) is 1. The zero-order valence-electron chi connectivity index (χ0n) is 9.35. The maximum Gasteiger partial charge on any atom is 0.150 e. The van der Waals surface area contributed by atoms with Crippen molar-refractivity contribution in [2.45, 2.75) is 0 Å². The van der Waals surface area contributed by atoms with Crippen molar-refractivity contribution in [2.75, 3.05) is 0 Å². The SMILES string of the molecule is S=c1[nH]nc(Cl)cc1-c1ccc2ccccc2c1. The molecular weight excluding hydrogens is 264 g/mol. The molecule has 0 atom stereocenters. The number of nitrogens with one attached hydrogen (secondary N) is 1. The van der Waals surface area contributed by atoms with Crippen LogP contribution in [0, 0.1) is 4.64 Å². The van der Waals surface area contributed by atoms with Gasteiger partial charge in [0.1, 0.15) is 9.79 Å². The third-order valence-electron chi connectivity index (χ3n) is 2.83. The fourth-order valence-corrected chi connectivity index (χ4v) is 2.33. The second kappa shape index (κ2) is 4.52. The highest BCUT2D eigenvalue weighted by Gasteiger charge is 2.03. The van der Waals surface area contributed by atoms with E-state index in [-0.39, 0.29) is 0 Å². The molecule has 0 aliphatic carbocycles. The number of hydrogen-bond acceptors (Lipinski definition) is 2. The summed E-state index contributed by atoms with van der Waals surface area (Å²) in [5.74, 6) is 0. The number of halogens is 1. The normalized spacial score (nSPS) is 10.7. The first-order valence-electron chi connectivity index (χ1n) is 5.48. The lowest BCUT2D eigenvalue weighted by Crippen LogP contribution is -1.87. The lowest BCUT2D eigenvalue weighted by Gasteiger charge is -2.04. The van der Waals surface area contributed by atoms with Crippen LogP contribution in [-0.4, -0.2) is 10.2 Å². The lowest BCUT2D eigenvalue weighted by molar-refractivity contribution is 1.02. The zero-order valence-corrected chi connectivity index (χ0v) is 10.9. The van der Waals surface area contributed by atoms with E-state index in [1.54, 1.807) is 6.07 Å². The van der Waals surface area contributed by atoms with E-state index in [1.807, 2.05) is 18.2 Å². The average Bonchev–Trinajstić information content (AvgIpc) is 2.41. The third kappa shape index (κ3) is 2.03. The Labute approximate surface area is 114 Å². The van der Waals surface area contributed by atoms with Gasteiger partial charge in [-0.05, 0) is 28.5 Å². The summed E-state index contributed by atoms with van der Waals surface area (Å²) in [4.78, 5) is 0. The van der Waals surface area contributed by atoms with Gasteiger partial charge in [0, 0.05) is 5.56 Å². The van der Waals surface area contributed by atoms with Crippen molar-refractivity contribution in [3.8, 4) is 11.1 Å². The Hall–Kier alpha value is -1.71. The molecule has 0 saturated carbocycles. The molecule has 0 spiro atoms. The quantitative estimate of drug-likeness (QED) is 0.655. The Morgan fingerprint density at radius 2 is 1.78 bits per heavy atom. The van der Waals surface area contributed by atoms with Gasteiger partial charge in [-0.1, -0.05) is 60.2 Å². The molecule has 0 bridgehead atoms. The summed E-state index contributed by atoms with van der Waals surface area (Å²) >= 11 is 11.1. The highest BCUT2D eigenvalue weighted by Crippen LogP contribution is 2.25. The van der Waals surface area contributed by atoms with E-state index in [9.17, 15) is 0 Å². The van der Waals surface area contributed by atoms with E-state index < -0.39 is 0 Å². The number of aromatic nitrogens is 2. The first-order valence-corrected chi connectivity index (χ1v) is 6.27. The predicted octanol–water partition coefficient (Wildman–Crippen LogP) is 4.61. The van der Waals surface area contributed by atoms with Crippen molar-refractivity contribution in [2.24, 2.45) is 0 Å². The Kier molecular flexibility index (Phi) is 2.86. The predicted molar refractivity (Wildman–Crippen MR) is 77.4 cm³/mol. The summed E-state index contributed by atoms with van der Waals surface area (Å²) in [6, 6.07) is 16.2. The van der Waals surface area contributed by atoms with Crippen molar-refractivity contribution >= 4 is 34.6 Å². The van der Waals surface area contributed by atoms with Crippen molar-refractivity contribution < 1.29 is 0 Å². The molecule has 0 saturated heterocycles. The molecule has 0 radical (unpaired) electrons. The van der Waals surface area contributed by atoms with Crippen molar-refractivity contribution in [3.63, 3.8) is 0 Å². The molecule has 0 unspecified atom stereocenters. The van der Waals surface area contributed by atoms with Crippen LogP contribution in [0.5, 0.6) is 0 Å². The van der Waals surface area contributed by atoms with Crippen molar-refractivity contribution in [1.29, 1.82) is 0 Å². The van der Waals surface area contributed by atoms with Crippen LogP contribution in [0.3, 0.4) is 0 Å². The van der Waals surface area contributed by atoms with Crippen LogP contribution in [0.4, 0.5) is 0 Å². The van der Waals surface area contributed by atoms with Gasteiger partial charge >= 0.3 is 0 Å². The molecule has 4 heteroatoms. The third-order valence-corrected chi connectivity index (χ3v) is 3.34. The first kappa shape index (κ1) is 11.4. The van der Waals surface area contributed by atoms with Crippen LogP contribution in [0.2, 0.25) is 5.15 Å². The first-order chi connectivity index (χ1) is 8.74. The fourth-order valence-electron chi connectivity index (χ4n) is 1.95. The summed E-state index contributed by atoms with van der Waals surface area (Å²) < 4.78 is 0.592. The zero-order chi connectivity index (χ0) is 12.5. The highest BCUT2D eigenvalue weighted by atomic mass is 35.5. The molecule has 88 valence electrons. The van der Waals surface area contributed by atoms with Crippen LogP contribution in [0.25, 0.3) is 21.9 Å². The molecule has 0 fully saturated rings. The maximum absolute atomic E-state index is 5.90. The molecule has 18 heavy (non-hydrogen) atoms. The minimum Gasteiger partial charge on any atom is -0.266 e. The number of H-pyrrole nitrogens is 1. The van der Waals surface area contributed by atoms with Gasteiger partial charge in [-0.2, -0.15) is 5.10 Å². The fraction of sp³-hybridized carbons (Fsp3) is 0. The van der Waals surface area contributed by atoms with Crippen molar-refractivity contribution in [3.05, 3.63) is 58.3 Å². The minimum absolute atomic E-state index is 0.409. The summed E-state index contributed by atoms with van der Waals surface area (Å²) in [5, 5.41) is 9.40. The molecule has 0 amide bonds. The van der Waals surface area contributed by atoms with Crippen LogP contribution in [0.1, 0.15) is 0 Å². The van der Waals surface area contributed by atoms with Gasteiger partial charge in [0.15, 0.2) is 0 Å². The van der Waals surface area contributed by atoms with Gasteiger partial charge < -0.3 is 0 Å². The molecule has 2 nitrogen and oxygen atoms in total. The average molecular weight is 273 g/mol. The summed E-state index contributed by atoms with van der Waals surface area (Å²) in [7, 11) is 0. The molecule has 3 aromatic rings. The number of aromatic amines is 1. The number of benzene rings is 2. The van der Waals surface area contributed by atoms with Crippen LogP contribution < -0.4 is 0 Å². The van der Waals surface area contributed by atoms with Crippen LogP contribution >= 0.6 is 23.8 Å². The minimum atomic E-state index is 0.409. The smallest absolute Gasteiger partial charge is 0.150 e. The van der Waals surface area contributed by atoms with E-state index >= 15 is 0 Å². The summed E-state index contributed by atoms with van der Waals surface area (Å²) in [6.45, 7) is 0. The number of hydrogen-bond donors (Lipinski definition) is 1. The topological polar surface area (TPSA) is 28.7 Å². The van der Waals surface area contributed by atoms with E-state index in [1.165, 1.54) is 10.8 Å². The molecule has 0 aliphatic heterocycles. The van der Waals surface area contributed by atoms with Gasteiger partial charge in [0.05, 0.1) is 0 Å². The molecular formula is C14H9ClN2S. The standard InChI is InChI=1S/C14H9ClN2S/c15-13-8-12(14(18)17-16-13)11-6-5-9-3-1-2-4-10(9)7-11/h1-8H,(H,17,18). The van der Waals surface area contributed by atoms with Crippen LogP contribution in [0.15, 0.2) is 48.5 Å². The largest absolute Gasteiger partial charge is 0.266 e. The van der Waals surface area contributed by atoms with Crippen LogP contribution in [-0.2, 0) is 0 Å². The Morgan fingerprint density at radius 3 is 2.61 bits per heavy atom. The number of fused-ring (bicyclic) bond motifs is 1. The lowest BCUT2D eigenvalue weighted by atomic mass is 10.0. The Balaban J connectivity index is 2.25. The molecule has 1 heterocycles. The maximum atomic E-state index is 5.90. The molecule has 2 aromatic carbocycles. The molecule has 1 N–H and O–H groups in total. The Morgan fingerprint density at radius 1 is 1.00 bits per heavy atom. The van der Waals surface area contributed by atoms with E-state index in [2.05, 4.69) is 34.5 Å². The monoisotopic (exact) mass is 272 g/mol. The van der Waals surface area contributed by atoms with Crippen molar-refractivity contribution in [1.82, 2.24) is 10.2 Å². The molecule has 1 aromatic heterocycles. The van der Waals surface area contributed by atoms with Gasteiger partial charge in [0.2, 0.25) is 0 Å². The molecule has 3 rings (SSSR count). The second-order valence-electron chi connectivity index (χ2n) is 4.00. The van der Waals surface area contributed by atoms with Gasteiger partial charge in [-0.3, -0.25) is 5.10 Å².